The lowest BCUT2D eigenvalue weighted by Crippen LogP contribution is -2.42. The van der Waals surface area contributed by atoms with E-state index in [0.29, 0.717) is 24.5 Å². The van der Waals surface area contributed by atoms with Crippen molar-refractivity contribution in [2.45, 2.75) is 17.7 Å². The Morgan fingerprint density at radius 1 is 1.43 bits per heavy atom. The molecule has 1 heterocycles. The topological polar surface area (TPSA) is 119 Å². The van der Waals surface area contributed by atoms with Gasteiger partial charge in [-0.1, -0.05) is 0 Å². The Labute approximate surface area is 124 Å². The highest BCUT2D eigenvalue weighted by Crippen LogP contribution is 2.30. The maximum Gasteiger partial charge on any atom is 0.240 e. The number of nitrogens with two attached hydrogens (primary N) is 2. The van der Waals surface area contributed by atoms with Gasteiger partial charge in [0.2, 0.25) is 15.9 Å². The van der Waals surface area contributed by atoms with Gasteiger partial charge in [0.25, 0.3) is 0 Å². The van der Waals surface area contributed by atoms with E-state index in [2.05, 4.69) is 5.32 Å². The number of nitrogen functional groups attached to an aromatic ring is 1. The van der Waals surface area contributed by atoms with Gasteiger partial charge in [0.1, 0.15) is 4.90 Å². The Hall–Kier alpha value is -1.80. The average Bonchev–Trinajstić information content (AvgIpc) is 2.45. The summed E-state index contributed by atoms with van der Waals surface area (Å²) < 4.78 is 23.5. The summed E-state index contributed by atoms with van der Waals surface area (Å²) in [5, 5.41) is 7.90. The first-order valence-electron chi connectivity index (χ1n) is 6.72. The zero-order chi connectivity index (χ0) is 15.6. The number of benzene rings is 1. The van der Waals surface area contributed by atoms with Gasteiger partial charge in [0.15, 0.2) is 0 Å². The first-order valence-corrected chi connectivity index (χ1v) is 8.26. The first-order chi connectivity index (χ1) is 9.82. The summed E-state index contributed by atoms with van der Waals surface area (Å²) in [5.74, 6) is -0.193. The Morgan fingerprint density at radius 3 is 2.76 bits per heavy atom. The molecule has 116 valence electrons. The van der Waals surface area contributed by atoms with Crippen LogP contribution in [0.1, 0.15) is 12.8 Å². The molecule has 0 aliphatic carbocycles. The number of amides is 1. The van der Waals surface area contributed by atoms with Gasteiger partial charge >= 0.3 is 0 Å². The Kier molecular flexibility index (Phi) is 4.38. The van der Waals surface area contributed by atoms with Crippen molar-refractivity contribution >= 4 is 27.3 Å². The number of rotatable bonds is 3. The Balaban J connectivity index is 2.36. The lowest BCUT2D eigenvalue weighted by molar-refractivity contribution is -0.124. The molecule has 1 aliphatic heterocycles. The van der Waals surface area contributed by atoms with Gasteiger partial charge in [-0.25, -0.2) is 13.6 Å². The van der Waals surface area contributed by atoms with Crippen molar-refractivity contribution < 1.29 is 13.2 Å². The molecule has 21 heavy (non-hydrogen) atoms. The molecule has 1 unspecified atom stereocenters. The van der Waals surface area contributed by atoms with E-state index in [0.717, 1.165) is 12.8 Å². The fraction of sp³-hybridized carbons (Fsp3) is 0.462. The third-order valence-electron chi connectivity index (χ3n) is 3.67. The molecule has 0 bridgehead atoms. The van der Waals surface area contributed by atoms with Crippen molar-refractivity contribution in [1.82, 2.24) is 5.32 Å². The minimum absolute atomic E-state index is 0.0000524. The number of sulfonamides is 1. The highest BCUT2D eigenvalue weighted by atomic mass is 32.2. The van der Waals surface area contributed by atoms with Gasteiger partial charge in [-0.3, -0.25) is 4.79 Å². The van der Waals surface area contributed by atoms with E-state index in [4.69, 9.17) is 10.9 Å². The molecule has 1 aromatic rings. The molecule has 1 fully saturated rings. The zero-order valence-electron chi connectivity index (χ0n) is 11.9. The summed E-state index contributed by atoms with van der Waals surface area (Å²) in [6.07, 6.45) is 1.60. The molecule has 8 heteroatoms. The lowest BCUT2D eigenvalue weighted by atomic mass is 9.96. The fourth-order valence-corrected chi connectivity index (χ4v) is 3.42. The molecular formula is C13H20N4O3S. The molecule has 2 rings (SSSR count). The van der Waals surface area contributed by atoms with E-state index in [1.807, 2.05) is 4.90 Å². The van der Waals surface area contributed by atoms with Crippen LogP contribution in [0.4, 0.5) is 11.4 Å². The number of hydrogen-bond donors (Lipinski definition) is 3. The average molecular weight is 312 g/mol. The third-order valence-corrected chi connectivity index (χ3v) is 4.61. The molecule has 0 aromatic heterocycles. The monoisotopic (exact) mass is 312 g/mol. The number of carbonyl (C=O) groups is 1. The van der Waals surface area contributed by atoms with Crippen LogP contribution in [0, 0.1) is 5.92 Å². The number of hydrogen-bond acceptors (Lipinski definition) is 5. The van der Waals surface area contributed by atoms with E-state index in [1.54, 1.807) is 19.2 Å². The van der Waals surface area contributed by atoms with Crippen LogP contribution in [-0.4, -0.2) is 34.5 Å². The maximum absolute atomic E-state index is 11.8. The minimum atomic E-state index is -3.87. The summed E-state index contributed by atoms with van der Waals surface area (Å²) in [5.41, 5.74) is 6.48. The van der Waals surface area contributed by atoms with Crippen molar-refractivity contribution in [3.05, 3.63) is 18.2 Å². The number of anilines is 2. The molecule has 1 aliphatic rings. The summed E-state index contributed by atoms with van der Waals surface area (Å²) in [6.45, 7) is 1.14. The van der Waals surface area contributed by atoms with Gasteiger partial charge in [-0.2, -0.15) is 0 Å². The van der Waals surface area contributed by atoms with Crippen LogP contribution in [0.15, 0.2) is 23.1 Å². The standard InChI is InChI=1S/C13H20N4O3S/c1-16-13(18)9-3-2-6-17(8-9)11-5-4-10(14)7-12(11)21(15,19)20/h4-5,7,9H,2-3,6,8,14H2,1H3,(H,16,18)(H2,15,19,20). The minimum Gasteiger partial charge on any atom is -0.399 e. The SMILES string of the molecule is CNC(=O)C1CCCN(c2ccc(N)cc2S(N)(=O)=O)C1. The van der Waals surface area contributed by atoms with E-state index in [1.165, 1.54) is 6.07 Å². The van der Waals surface area contributed by atoms with Crippen molar-refractivity contribution in [2.75, 3.05) is 30.8 Å². The molecule has 1 amide bonds. The molecule has 7 nitrogen and oxygen atoms in total. The zero-order valence-corrected chi connectivity index (χ0v) is 12.7. The van der Waals surface area contributed by atoms with Gasteiger partial charge in [-0.15, -0.1) is 0 Å². The lowest BCUT2D eigenvalue weighted by Gasteiger charge is -2.34. The fourth-order valence-electron chi connectivity index (χ4n) is 2.63. The van der Waals surface area contributed by atoms with Gasteiger partial charge in [0, 0.05) is 25.8 Å². The second kappa shape index (κ2) is 5.90. The van der Waals surface area contributed by atoms with Crippen LogP contribution < -0.4 is 21.1 Å². The number of nitrogens with zero attached hydrogens (tertiary/aromatic N) is 1. The number of carbonyl (C=O) groups excluding carboxylic acids is 1. The first kappa shape index (κ1) is 15.6. The summed E-state index contributed by atoms with van der Waals surface area (Å²) >= 11 is 0. The van der Waals surface area contributed by atoms with E-state index in [9.17, 15) is 13.2 Å². The van der Waals surface area contributed by atoms with Crippen molar-refractivity contribution in [3.63, 3.8) is 0 Å². The number of primary sulfonamides is 1. The predicted octanol–water partition coefficient (Wildman–Crippen LogP) is -0.121. The van der Waals surface area contributed by atoms with E-state index in [-0.39, 0.29) is 16.7 Å². The van der Waals surface area contributed by atoms with Crippen LogP contribution in [-0.2, 0) is 14.8 Å². The van der Waals surface area contributed by atoms with Crippen LogP contribution >= 0.6 is 0 Å². The quantitative estimate of drug-likeness (QED) is 0.672. The number of piperidine rings is 1. The maximum atomic E-state index is 11.8. The highest BCUT2D eigenvalue weighted by Gasteiger charge is 2.28. The van der Waals surface area contributed by atoms with Crippen molar-refractivity contribution in [3.8, 4) is 0 Å². The van der Waals surface area contributed by atoms with Crippen LogP contribution in [0.3, 0.4) is 0 Å². The molecule has 1 atom stereocenters. The van der Waals surface area contributed by atoms with Crippen molar-refractivity contribution in [1.29, 1.82) is 0 Å². The molecule has 0 radical (unpaired) electrons. The van der Waals surface area contributed by atoms with E-state index >= 15 is 0 Å². The second-order valence-corrected chi connectivity index (χ2v) is 6.70. The van der Waals surface area contributed by atoms with Crippen molar-refractivity contribution in [2.24, 2.45) is 11.1 Å². The summed E-state index contributed by atoms with van der Waals surface area (Å²) in [7, 11) is -2.27. The third kappa shape index (κ3) is 3.45. The van der Waals surface area contributed by atoms with Crippen LogP contribution in [0.25, 0.3) is 0 Å². The molecular weight excluding hydrogens is 292 g/mol. The van der Waals surface area contributed by atoms with E-state index < -0.39 is 10.0 Å². The highest BCUT2D eigenvalue weighted by molar-refractivity contribution is 7.89. The van der Waals surface area contributed by atoms with Crippen LogP contribution in [0.2, 0.25) is 0 Å². The number of nitrogens with one attached hydrogen (secondary N) is 1. The smallest absolute Gasteiger partial charge is 0.240 e. The second-order valence-electron chi connectivity index (χ2n) is 5.17. The Morgan fingerprint density at radius 2 is 2.14 bits per heavy atom. The summed E-state index contributed by atoms with van der Waals surface area (Å²) in [4.78, 5) is 13.7. The molecule has 5 N–H and O–H groups in total. The molecule has 0 spiro atoms. The predicted molar refractivity (Wildman–Crippen MR) is 81.2 cm³/mol. The van der Waals surface area contributed by atoms with Crippen LogP contribution in [0.5, 0.6) is 0 Å². The molecule has 1 aromatic carbocycles. The Bertz CT molecular complexity index is 645. The van der Waals surface area contributed by atoms with Gasteiger partial charge < -0.3 is 16.0 Å². The molecule has 0 saturated carbocycles. The van der Waals surface area contributed by atoms with Gasteiger partial charge in [-0.05, 0) is 31.0 Å². The molecule has 1 saturated heterocycles. The van der Waals surface area contributed by atoms with Gasteiger partial charge in [0.05, 0.1) is 11.6 Å². The normalized spacial score (nSPS) is 19.3. The summed E-state index contributed by atoms with van der Waals surface area (Å²) in [6, 6.07) is 4.63. The largest absolute Gasteiger partial charge is 0.399 e.